The Labute approximate surface area is 116 Å². The number of carbonyl (C=O) groups excluding carboxylic acids is 1. The molecule has 1 aromatic carbocycles. The largest absolute Gasteiger partial charge is 0.495 e. The van der Waals surface area contributed by atoms with E-state index >= 15 is 0 Å². The summed E-state index contributed by atoms with van der Waals surface area (Å²) in [6, 6.07) is 8.79. The molecule has 0 spiro atoms. The molecule has 0 atom stereocenters. The zero-order valence-corrected chi connectivity index (χ0v) is 11.2. The summed E-state index contributed by atoms with van der Waals surface area (Å²) in [5, 5.41) is 14.3. The van der Waals surface area contributed by atoms with Crippen LogP contribution in [0.15, 0.2) is 36.0 Å². The van der Waals surface area contributed by atoms with Crippen molar-refractivity contribution in [1.29, 1.82) is 5.26 Å². The lowest BCUT2D eigenvalue weighted by Gasteiger charge is -2.09. The molecule has 1 aromatic rings. The van der Waals surface area contributed by atoms with Crippen LogP contribution in [0.3, 0.4) is 0 Å². The van der Waals surface area contributed by atoms with E-state index in [2.05, 4.69) is 10.6 Å². The molecule has 1 rings (SSSR count). The van der Waals surface area contributed by atoms with Crippen molar-refractivity contribution < 1.29 is 9.53 Å². The van der Waals surface area contributed by atoms with Crippen LogP contribution in [-0.4, -0.2) is 25.4 Å². The summed E-state index contributed by atoms with van der Waals surface area (Å²) in [6.45, 7) is 0.481. The fourth-order valence-corrected chi connectivity index (χ4v) is 1.42. The Morgan fingerprint density at radius 3 is 2.89 bits per heavy atom. The molecule has 0 aliphatic rings. The summed E-state index contributed by atoms with van der Waals surface area (Å²) in [4.78, 5) is 11.9. The number of anilines is 1. The number of benzene rings is 1. The summed E-state index contributed by atoms with van der Waals surface area (Å²) in [6.07, 6.45) is 1.34. The second kappa shape index (κ2) is 8.01. The highest BCUT2D eigenvalue weighted by molar-refractivity contribution is 6.18. The van der Waals surface area contributed by atoms with Crippen molar-refractivity contribution in [2.45, 2.75) is 0 Å². The first-order chi connectivity index (χ1) is 9.22. The molecular formula is C13H14ClN3O2. The normalized spacial score (nSPS) is 10.5. The molecule has 0 saturated carbocycles. The quantitative estimate of drug-likeness (QED) is 0.361. The number of carbonyl (C=O) groups is 1. The molecule has 2 N–H and O–H groups in total. The number of amides is 1. The van der Waals surface area contributed by atoms with Crippen molar-refractivity contribution in [1.82, 2.24) is 5.32 Å². The number of alkyl halides is 1. The van der Waals surface area contributed by atoms with Gasteiger partial charge in [0.1, 0.15) is 17.4 Å². The molecule has 0 heterocycles. The number of methoxy groups -OCH3 is 1. The molecule has 0 radical (unpaired) electrons. The zero-order chi connectivity index (χ0) is 14.1. The van der Waals surface area contributed by atoms with Crippen LogP contribution in [0.1, 0.15) is 0 Å². The maximum absolute atomic E-state index is 11.9. The van der Waals surface area contributed by atoms with Crippen LogP contribution in [-0.2, 0) is 4.79 Å². The van der Waals surface area contributed by atoms with Crippen molar-refractivity contribution in [3.8, 4) is 11.8 Å². The van der Waals surface area contributed by atoms with E-state index in [0.717, 1.165) is 0 Å². The average molecular weight is 280 g/mol. The highest BCUT2D eigenvalue weighted by atomic mass is 35.5. The average Bonchev–Trinajstić information content (AvgIpc) is 2.44. The number of nitrogens with one attached hydrogen (secondary N) is 2. The molecule has 0 aliphatic heterocycles. The van der Waals surface area contributed by atoms with Gasteiger partial charge in [-0.3, -0.25) is 4.79 Å². The maximum atomic E-state index is 11.9. The zero-order valence-electron chi connectivity index (χ0n) is 10.4. The standard InChI is InChI=1S/C13H14ClN3O2/c1-19-12-5-3-2-4-11(12)17-13(18)10(8-15)9-16-7-6-14/h2-5,9,16H,6-7H2,1H3,(H,17,18)/b10-9-. The smallest absolute Gasteiger partial charge is 0.267 e. The van der Waals surface area contributed by atoms with Gasteiger partial charge in [0.2, 0.25) is 0 Å². The highest BCUT2D eigenvalue weighted by Crippen LogP contribution is 2.23. The minimum atomic E-state index is -0.505. The van der Waals surface area contributed by atoms with Gasteiger partial charge in [0.05, 0.1) is 12.8 Å². The Kier molecular flexibility index (Phi) is 6.27. The van der Waals surface area contributed by atoms with Crippen LogP contribution in [0.2, 0.25) is 0 Å². The molecule has 19 heavy (non-hydrogen) atoms. The van der Waals surface area contributed by atoms with Gasteiger partial charge in [-0.05, 0) is 12.1 Å². The predicted octanol–water partition coefficient (Wildman–Crippen LogP) is 1.87. The Morgan fingerprint density at radius 1 is 1.53 bits per heavy atom. The lowest BCUT2D eigenvalue weighted by Crippen LogP contribution is -2.18. The summed E-state index contributed by atoms with van der Waals surface area (Å²) < 4.78 is 5.11. The molecule has 1 amide bonds. The van der Waals surface area contributed by atoms with Gasteiger partial charge in [-0.25, -0.2) is 0 Å². The lowest BCUT2D eigenvalue weighted by molar-refractivity contribution is -0.112. The van der Waals surface area contributed by atoms with Gasteiger partial charge in [-0.15, -0.1) is 11.6 Å². The van der Waals surface area contributed by atoms with Gasteiger partial charge in [0.25, 0.3) is 5.91 Å². The number of nitrogens with zero attached hydrogens (tertiary/aromatic N) is 1. The van der Waals surface area contributed by atoms with Gasteiger partial charge >= 0.3 is 0 Å². The third-order valence-corrected chi connectivity index (χ3v) is 2.39. The first-order valence-corrected chi connectivity index (χ1v) is 6.10. The molecular weight excluding hydrogens is 266 g/mol. The molecule has 0 fully saturated rings. The third-order valence-electron chi connectivity index (χ3n) is 2.21. The fraction of sp³-hybridized carbons (Fsp3) is 0.231. The van der Waals surface area contributed by atoms with Crippen molar-refractivity contribution in [3.05, 3.63) is 36.0 Å². The number of hydrogen-bond acceptors (Lipinski definition) is 4. The van der Waals surface area contributed by atoms with Crippen LogP contribution in [0.5, 0.6) is 5.75 Å². The maximum Gasteiger partial charge on any atom is 0.267 e. The molecule has 0 saturated heterocycles. The number of nitriles is 1. The first kappa shape index (κ1) is 14.9. The van der Waals surface area contributed by atoms with Gasteiger partial charge < -0.3 is 15.4 Å². The van der Waals surface area contributed by atoms with Crippen LogP contribution in [0.4, 0.5) is 5.69 Å². The Hall–Kier alpha value is -2.19. The summed E-state index contributed by atoms with van der Waals surface area (Å²) in [7, 11) is 1.51. The lowest BCUT2D eigenvalue weighted by atomic mass is 10.2. The van der Waals surface area contributed by atoms with Crippen molar-refractivity contribution >= 4 is 23.2 Å². The number of halogens is 1. The highest BCUT2D eigenvalue weighted by Gasteiger charge is 2.11. The SMILES string of the molecule is COc1ccccc1NC(=O)/C(C#N)=C\NCCCl. The van der Waals surface area contributed by atoms with E-state index in [4.69, 9.17) is 21.6 Å². The molecule has 0 bridgehead atoms. The number of rotatable bonds is 6. The molecule has 5 nitrogen and oxygen atoms in total. The van der Waals surface area contributed by atoms with E-state index in [1.807, 2.05) is 6.07 Å². The van der Waals surface area contributed by atoms with E-state index in [9.17, 15) is 4.79 Å². The second-order valence-electron chi connectivity index (χ2n) is 3.47. The van der Waals surface area contributed by atoms with E-state index in [1.54, 1.807) is 24.3 Å². The number of hydrogen-bond donors (Lipinski definition) is 2. The number of ether oxygens (including phenoxy) is 1. The van der Waals surface area contributed by atoms with Crippen LogP contribution >= 0.6 is 11.6 Å². The van der Waals surface area contributed by atoms with Gasteiger partial charge in [-0.1, -0.05) is 12.1 Å². The summed E-state index contributed by atoms with van der Waals surface area (Å²) >= 11 is 5.49. The fourth-order valence-electron chi connectivity index (χ4n) is 1.31. The molecule has 0 unspecified atom stereocenters. The van der Waals surface area contributed by atoms with E-state index in [1.165, 1.54) is 13.3 Å². The van der Waals surface area contributed by atoms with Crippen LogP contribution < -0.4 is 15.4 Å². The Balaban J connectivity index is 2.78. The molecule has 6 heteroatoms. The van der Waals surface area contributed by atoms with Crippen molar-refractivity contribution in [2.24, 2.45) is 0 Å². The molecule has 0 aromatic heterocycles. The van der Waals surface area contributed by atoms with Crippen LogP contribution in [0, 0.1) is 11.3 Å². The molecule has 0 aliphatic carbocycles. The minimum Gasteiger partial charge on any atom is -0.495 e. The second-order valence-corrected chi connectivity index (χ2v) is 3.85. The van der Waals surface area contributed by atoms with Gasteiger partial charge in [0.15, 0.2) is 0 Å². The van der Waals surface area contributed by atoms with E-state index < -0.39 is 5.91 Å². The summed E-state index contributed by atoms with van der Waals surface area (Å²) in [5.41, 5.74) is 0.476. The monoisotopic (exact) mass is 279 g/mol. The van der Waals surface area contributed by atoms with E-state index in [0.29, 0.717) is 23.9 Å². The topological polar surface area (TPSA) is 74.1 Å². The molecule has 100 valence electrons. The predicted molar refractivity (Wildman–Crippen MR) is 74.0 cm³/mol. The van der Waals surface area contributed by atoms with Gasteiger partial charge in [-0.2, -0.15) is 5.26 Å². The van der Waals surface area contributed by atoms with Crippen molar-refractivity contribution in [2.75, 3.05) is 24.9 Å². The van der Waals surface area contributed by atoms with E-state index in [-0.39, 0.29) is 5.57 Å². The summed E-state index contributed by atoms with van der Waals surface area (Å²) in [5.74, 6) is 0.416. The first-order valence-electron chi connectivity index (χ1n) is 5.57. The Bertz CT molecular complexity index is 509. The van der Waals surface area contributed by atoms with Gasteiger partial charge in [0, 0.05) is 18.6 Å². The third kappa shape index (κ3) is 4.53. The van der Waals surface area contributed by atoms with Crippen LogP contribution in [0.25, 0.3) is 0 Å². The number of para-hydroxylation sites is 2. The Morgan fingerprint density at radius 2 is 2.26 bits per heavy atom. The van der Waals surface area contributed by atoms with Crippen molar-refractivity contribution in [3.63, 3.8) is 0 Å². The minimum absolute atomic E-state index is 0.0315.